The molecule has 0 atom stereocenters. The Bertz CT molecular complexity index is 528. The Hall–Kier alpha value is -1.62. The second-order valence-corrected chi connectivity index (χ2v) is 4.86. The zero-order valence-corrected chi connectivity index (χ0v) is 11.6. The largest absolute Gasteiger partial charge is 0.370 e. The number of hydrogen-bond acceptors (Lipinski definition) is 5. The van der Waals surface area contributed by atoms with E-state index in [0.717, 1.165) is 33.8 Å². The van der Waals surface area contributed by atoms with E-state index in [4.69, 9.17) is 0 Å². The molecule has 0 radical (unpaired) electrons. The maximum atomic E-state index is 4.48. The predicted octanol–water partition coefficient (Wildman–Crippen LogP) is 3.07. The zero-order chi connectivity index (χ0) is 13.0. The van der Waals surface area contributed by atoms with Crippen LogP contribution < -0.4 is 5.32 Å². The van der Waals surface area contributed by atoms with Crippen LogP contribution in [0.2, 0.25) is 0 Å². The molecule has 0 aliphatic carbocycles. The van der Waals surface area contributed by atoms with E-state index in [-0.39, 0.29) is 0 Å². The maximum Gasteiger partial charge on any atom is 0.133 e. The molecule has 2 heterocycles. The van der Waals surface area contributed by atoms with Crippen molar-refractivity contribution in [1.29, 1.82) is 0 Å². The Morgan fingerprint density at radius 3 is 2.72 bits per heavy atom. The molecule has 4 nitrogen and oxygen atoms in total. The zero-order valence-electron chi connectivity index (χ0n) is 10.8. The van der Waals surface area contributed by atoms with Crippen molar-refractivity contribution < 1.29 is 0 Å². The molecule has 0 amide bonds. The average Bonchev–Trinajstić information content (AvgIpc) is 2.36. The average molecular weight is 260 g/mol. The van der Waals surface area contributed by atoms with E-state index in [2.05, 4.69) is 27.2 Å². The van der Waals surface area contributed by atoms with Crippen LogP contribution in [0.15, 0.2) is 34.4 Å². The van der Waals surface area contributed by atoms with Crippen molar-refractivity contribution in [2.24, 2.45) is 0 Å². The Morgan fingerprint density at radius 2 is 2.06 bits per heavy atom. The summed E-state index contributed by atoms with van der Waals surface area (Å²) >= 11 is 1.57. The molecule has 0 aliphatic heterocycles. The van der Waals surface area contributed by atoms with E-state index in [1.54, 1.807) is 18.0 Å². The van der Waals surface area contributed by atoms with Crippen LogP contribution in [0.1, 0.15) is 18.3 Å². The van der Waals surface area contributed by atoms with E-state index in [1.807, 2.05) is 32.0 Å². The van der Waals surface area contributed by atoms with E-state index >= 15 is 0 Å². The van der Waals surface area contributed by atoms with Gasteiger partial charge in [-0.1, -0.05) is 6.07 Å². The number of nitrogens with zero attached hydrogens (tertiary/aromatic N) is 3. The molecule has 2 rings (SSSR count). The van der Waals surface area contributed by atoms with Gasteiger partial charge in [-0.25, -0.2) is 15.0 Å². The van der Waals surface area contributed by atoms with Gasteiger partial charge in [0.25, 0.3) is 0 Å². The van der Waals surface area contributed by atoms with E-state index in [9.17, 15) is 0 Å². The molecule has 18 heavy (non-hydrogen) atoms. The van der Waals surface area contributed by atoms with Gasteiger partial charge in [-0.2, -0.15) is 0 Å². The fourth-order valence-corrected chi connectivity index (χ4v) is 2.43. The summed E-state index contributed by atoms with van der Waals surface area (Å²) in [4.78, 5) is 13.2. The minimum Gasteiger partial charge on any atom is -0.370 e. The van der Waals surface area contributed by atoms with Crippen LogP contribution in [-0.2, 0) is 0 Å². The molecule has 0 unspecified atom stereocenters. The number of rotatable bonds is 4. The molecule has 0 aromatic carbocycles. The minimum absolute atomic E-state index is 0.773. The van der Waals surface area contributed by atoms with Gasteiger partial charge in [-0.15, -0.1) is 0 Å². The van der Waals surface area contributed by atoms with Crippen molar-refractivity contribution in [1.82, 2.24) is 15.0 Å². The smallest absolute Gasteiger partial charge is 0.133 e. The summed E-state index contributed by atoms with van der Waals surface area (Å²) in [5.41, 5.74) is 1.07. The molecule has 0 fully saturated rings. The first-order chi connectivity index (χ1) is 8.70. The number of hydrogen-bond donors (Lipinski definition) is 1. The van der Waals surface area contributed by atoms with Crippen LogP contribution in [0.5, 0.6) is 0 Å². The number of nitrogens with one attached hydrogen (secondary N) is 1. The van der Waals surface area contributed by atoms with Gasteiger partial charge in [0.15, 0.2) is 0 Å². The molecule has 1 N–H and O–H groups in total. The summed E-state index contributed by atoms with van der Waals surface area (Å²) in [7, 11) is 0. The van der Waals surface area contributed by atoms with Crippen LogP contribution in [0, 0.1) is 13.8 Å². The highest BCUT2D eigenvalue weighted by Crippen LogP contribution is 2.29. The SMILES string of the molecule is CCNc1nc(C)nc(Sc2ccccn2)c1C. The monoisotopic (exact) mass is 260 g/mol. The van der Waals surface area contributed by atoms with Gasteiger partial charge in [-0.05, 0) is 44.7 Å². The Kier molecular flexibility index (Phi) is 4.15. The second-order valence-electron chi connectivity index (χ2n) is 3.85. The summed E-state index contributed by atoms with van der Waals surface area (Å²) in [5, 5.41) is 5.16. The Morgan fingerprint density at radius 1 is 1.22 bits per heavy atom. The lowest BCUT2D eigenvalue weighted by atomic mass is 10.3. The van der Waals surface area contributed by atoms with Gasteiger partial charge < -0.3 is 5.32 Å². The highest BCUT2D eigenvalue weighted by molar-refractivity contribution is 7.99. The van der Waals surface area contributed by atoms with Gasteiger partial charge >= 0.3 is 0 Å². The topological polar surface area (TPSA) is 50.7 Å². The van der Waals surface area contributed by atoms with E-state index in [0.29, 0.717) is 0 Å². The van der Waals surface area contributed by atoms with Gasteiger partial charge in [0.1, 0.15) is 21.7 Å². The molecule has 0 aliphatic rings. The first-order valence-corrected chi connectivity index (χ1v) is 6.70. The van der Waals surface area contributed by atoms with Crippen LogP contribution >= 0.6 is 11.8 Å². The standard InChI is InChI=1S/C13H16N4S/c1-4-14-12-9(2)13(17-10(3)16-12)18-11-7-5-6-8-15-11/h5-8H,4H2,1-3H3,(H,14,16,17). The summed E-state index contributed by atoms with van der Waals surface area (Å²) in [6.45, 7) is 6.85. The Balaban J connectivity index is 2.33. The highest BCUT2D eigenvalue weighted by atomic mass is 32.2. The lowest BCUT2D eigenvalue weighted by molar-refractivity contribution is 0.930. The summed E-state index contributed by atoms with van der Waals surface area (Å²) < 4.78 is 0. The normalized spacial score (nSPS) is 10.4. The van der Waals surface area contributed by atoms with Crippen molar-refractivity contribution in [3.05, 3.63) is 35.8 Å². The third-order valence-corrected chi connectivity index (χ3v) is 3.44. The van der Waals surface area contributed by atoms with Crippen molar-refractivity contribution in [2.75, 3.05) is 11.9 Å². The number of aromatic nitrogens is 3. The first-order valence-electron chi connectivity index (χ1n) is 5.88. The molecule has 5 heteroatoms. The molecule has 0 saturated carbocycles. The summed E-state index contributed by atoms with van der Waals surface area (Å²) in [6.07, 6.45) is 1.79. The number of anilines is 1. The van der Waals surface area contributed by atoms with Gasteiger partial charge in [-0.3, -0.25) is 0 Å². The van der Waals surface area contributed by atoms with Crippen LogP contribution in [-0.4, -0.2) is 21.5 Å². The first kappa shape index (κ1) is 12.8. The second kappa shape index (κ2) is 5.82. The van der Waals surface area contributed by atoms with Gasteiger partial charge in [0, 0.05) is 18.3 Å². The molecule has 0 bridgehead atoms. The fourth-order valence-electron chi connectivity index (χ4n) is 1.55. The van der Waals surface area contributed by atoms with E-state index in [1.165, 1.54) is 0 Å². The third-order valence-electron chi connectivity index (χ3n) is 2.40. The molecule has 2 aromatic rings. The van der Waals surface area contributed by atoms with Crippen molar-refractivity contribution >= 4 is 17.6 Å². The molecule has 94 valence electrons. The highest BCUT2D eigenvalue weighted by Gasteiger charge is 2.10. The molecule has 0 spiro atoms. The molecular weight excluding hydrogens is 244 g/mol. The maximum absolute atomic E-state index is 4.48. The summed E-state index contributed by atoms with van der Waals surface area (Å²) in [5.74, 6) is 1.68. The van der Waals surface area contributed by atoms with Gasteiger partial charge in [0.2, 0.25) is 0 Å². The predicted molar refractivity (Wildman–Crippen MR) is 74.0 cm³/mol. The fraction of sp³-hybridized carbons (Fsp3) is 0.308. The Labute approximate surface area is 111 Å². The van der Waals surface area contributed by atoms with E-state index < -0.39 is 0 Å². The third kappa shape index (κ3) is 2.98. The molecular formula is C13H16N4S. The van der Waals surface area contributed by atoms with Gasteiger partial charge in [0.05, 0.1) is 0 Å². The van der Waals surface area contributed by atoms with Crippen LogP contribution in [0.4, 0.5) is 5.82 Å². The lowest BCUT2D eigenvalue weighted by Crippen LogP contribution is -2.05. The lowest BCUT2D eigenvalue weighted by Gasteiger charge is -2.11. The quantitative estimate of drug-likeness (QED) is 0.856. The van der Waals surface area contributed by atoms with Crippen molar-refractivity contribution in [3.63, 3.8) is 0 Å². The number of aryl methyl sites for hydroxylation is 1. The van der Waals surface area contributed by atoms with Crippen LogP contribution in [0.3, 0.4) is 0 Å². The molecule has 2 aromatic heterocycles. The molecule has 0 saturated heterocycles. The minimum atomic E-state index is 0.773. The van der Waals surface area contributed by atoms with Crippen molar-refractivity contribution in [3.8, 4) is 0 Å². The summed E-state index contributed by atoms with van der Waals surface area (Å²) in [6, 6.07) is 5.87. The van der Waals surface area contributed by atoms with Crippen molar-refractivity contribution in [2.45, 2.75) is 30.8 Å². The number of pyridine rings is 1. The van der Waals surface area contributed by atoms with Crippen LogP contribution in [0.25, 0.3) is 0 Å².